The van der Waals surface area contributed by atoms with Gasteiger partial charge < -0.3 is 0 Å². The Morgan fingerprint density at radius 3 is 2.83 bits per heavy atom. The van der Waals surface area contributed by atoms with Crippen LogP contribution in [0.4, 0.5) is 0 Å². The zero-order valence-corrected chi connectivity index (χ0v) is 7.22. The van der Waals surface area contributed by atoms with Crippen LogP contribution in [-0.2, 0) is 9.59 Å². The summed E-state index contributed by atoms with van der Waals surface area (Å²) in [6.45, 7) is 1.91. The van der Waals surface area contributed by atoms with Crippen molar-refractivity contribution in [2.75, 3.05) is 0 Å². The minimum Gasteiger partial charge on any atom is -0.296 e. The van der Waals surface area contributed by atoms with Gasteiger partial charge in [0.15, 0.2) is 0 Å². The van der Waals surface area contributed by atoms with Crippen LogP contribution in [0.15, 0.2) is 0 Å². The number of carbonyl (C=O) groups excluding carboxylic acids is 2. The van der Waals surface area contributed by atoms with E-state index in [1.165, 1.54) is 0 Å². The van der Waals surface area contributed by atoms with Crippen LogP contribution in [0.2, 0.25) is 0 Å². The molecule has 0 aromatic rings. The Labute approximate surface area is 71.5 Å². The molecular formula is C9H13NO2. The van der Waals surface area contributed by atoms with Gasteiger partial charge in [0.2, 0.25) is 11.8 Å². The molecule has 2 rings (SSSR count). The summed E-state index contributed by atoms with van der Waals surface area (Å²) in [5.74, 6) is -0.154. The molecule has 1 heterocycles. The van der Waals surface area contributed by atoms with Crippen molar-refractivity contribution in [3.63, 3.8) is 0 Å². The molecule has 1 aliphatic heterocycles. The van der Waals surface area contributed by atoms with E-state index in [-0.39, 0.29) is 23.1 Å². The first-order chi connectivity index (χ1) is 5.64. The van der Waals surface area contributed by atoms with E-state index in [1.807, 2.05) is 6.92 Å². The fourth-order valence-corrected chi connectivity index (χ4v) is 2.37. The number of imide groups is 1. The number of hydrogen-bond donors (Lipinski definition) is 1. The molecule has 2 fully saturated rings. The van der Waals surface area contributed by atoms with Gasteiger partial charge in [-0.15, -0.1) is 0 Å². The topological polar surface area (TPSA) is 46.2 Å². The van der Waals surface area contributed by atoms with E-state index in [0.717, 1.165) is 25.7 Å². The molecule has 0 aromatic carbocycles. The third kappa shape index (κ3) is 0.822. The minimum atomic E-state index is -0.380. The fourth-order valence-electron chi connectivity index (χ4n) is 2.37. The van der Waals surface area contributed by atoms with E-state index in [4.69, 9.17) is 0 Å². The van der Waals surface area contributed by atoms with Crippen LogP contribution >= 0.6 is 0 Å². The summed E-state index contributed by atoms with van der Waals surface area (Å²) in [4.78, 5) is 22.7. The highest BCUT2D eigenvalue weighted by molar-refractivity contribution is 6.07. The zero-order chi connectivity index (χ0) is 8.77. The summed E-state index contributed by atoms with van der Waals surface area (Å²) in [5.41, 5.74) is -0.380. The van der Waals surface area contributed by atoms with Gasteiger partial charge in [-0.2, -0.15) is 0 Å². The molecule has 0 unspecified atom stereocenters. The van der Waals surface area contributed by atoms with Crippen molar-refractivity contribution in [1.82, 2.24) is 5.32 Å². The summed E-state index contributed by atoms with van der Waals surface area (Å²) in [5, 5.41) is 2.42. The third-order valence-electron chi connectivity index (χ3n) is 3.28. The lowest BCUT2D eigenvalue weighted by Gasteiger charge is -2.31. The van der Waals surface area contributed by atoms with Crippen LogP contribution in [0.1, 0.15) is 32.6 Å². The number of rotatable bonds is 0. The second-order valence-electron chi connectivity index (χ2n) is 4.03. The summed E-state index contributed by atoms with van der Waals surface area (Å²) >= 11 is 0. The quantitative estimate of drug-likeness (QED) is 0.543. The van der Waals surface area contributed by atoms with Crippen LogP contribution in [0.25, 0.3) is 0 Å². The zero-order valence-electron chi connectivity index (χ0n) is 7.22. The van der Waals surface area contributed by atoms with E-state index < -0.39 is 0 Å². The molecule has 1 N–H and O–H groups in total. The molecule has 1 saturated carbocycles. The Morgan fingerprint density at radius 2 is 2.17 bits per heavy atom. The smallest absolute Gasteiger partial charge is 0.233 e. The Balaban J connectivity index is 2.33. The van der Waals surface area contributed by atoms with Crippen LogP contribution < -0.4 is 5.32 Å². The maximum Gasteiger partial charge on any atom is 0.233 e. The van der Waals surface area contributed by atoms with Crippen LogP contribution in [-0.4, -0.2) is 11.8 Å². The molecule has 2 amide bonds. The average Bonchev–Trinajstić information content (AvgIpc) is 2.25. The van der Waals surface area contributed by atoms with Gasteiger partial charge in [-0.1, -0.05) is 12.8 Å². The monoisotopic (exact) mass is 167 g/mol. The molecule has 66 valence electrons. The predicted molar refractivity (Wildman–Crippen MR) is 43.2 cm³/mol. The molecule has 1 saturated heterocycles. The van der Waals surface area contributed by atoms with Crippen molar-refractivity contribution in [1.29, 1.82) is 0 Å². The molecule has 3 nitrogen and oxygen atoms in total. The highest BCUT2D eigenvalue weighted by Crippen LogP contribution is 2.44. The molecule has 0 aromatic heterocycles. The highest BCUT2D eigenvalue weighted by atomic mass is 16.2. The second kappa shape index (κ2) is 2.31. The van der Waals surface area contributed by atoms with Gasteiger partial charge in [-0.05, 0) is 19.8 Å². The van der Waals surface area contributed by atoms with Gasteiger partial charge in [0.1, 0.15) is 0 Å². The lowest BCUT2D eigenvalue weighted by molar-refractivity contribution is -0.129. The van der Waals surface area contributed by atoms with Crippen molar-refractivity contribution in [2.24, 2.45) is 11.3 Å². The summed E-state index contributed by atoms with van der Waals surface area (Å²) in [7, 11) is 0. The van der Waals surface area contributed by atoms with E-state index >= 15 is 0 Å². The fraction of sp³-hybridized carbons (Fsp3) is 0.778. The molecular weight excluding hydrogens is 154 g/mol. The molecule has 2 atom stereocenters. The number of carbonyl (C=O) groups is 2. The lowest BCUT2D eigenvalue weighted by Crippen LogP contribution is -2.34. The van der Waals surface area contributed by atoms with Crippen molar-refractivity contribution < 1.29 is 9.59 Å². The predicted octanol–water partition coefficient (Wildman–Crippen LogP) is 0.839. The first kappa shape index (κ1) is 7.77. The summed E-state index contributed by atoms with van der Waals surface area (Å²) in [6, 6.07) is 0. The number of nitrogens with one attached hydrogen (secondary N) is 1. The Kier molecular flexibility index (Phi) is 1.50. The number of hydrogen-bond acceptors (Lipinski definition) is 2. The molecule has 0 bridgehead atoms. The molecule has 1 aliphatic carbocycles. The van der Waals surface area contributed by atoms with Crippen molar-refractivity contribution >= 4 is 11.8 Å². The van der Waals surface area contributed by atoms with Crippen molar-refractivity contribution in [3.05, 3.63) is 0 Å². The van der Waals surface area contributed by atoms with Crippen LogP contribution in [0.3, 0.4) is 0 Å². The average molecular weight is 167 g/mol. The number of fused-ring (bicyclic) bond motifs is 1. The van der Waals surface area contributed by atoms with Gasteiger partial charge in [0, 0.05) is 0 Å². The minimum absolute atomic E-state index is 0.0428. The highest BCUT2D eigenvalue weighted by Gasteiger charge is 2.52. The van der Waals surface area contributed by atoms with E-state index in [9.17, 15) is 9.59 Å². The van der Waals surface area contributed by atoms with Crippen molar-refractivity contribution in [3.8, 4) is 0 Å². The van der Waals surface area contributed by atoms with E-state index in [0.29, 0.717) is 0 Å². The van der Waals surface area contributed by atoms with Gasteiger partial charge in [-0.3, -0.25) is 14.9 Å². The van der Waals surface area contributed by atoms with Gasteiger partial charge >= 0.3 is 0 Å². The Morgan fingerprint density at radius 1 is 1.42 bits per heavy atom. The van der Waals surface area contributed by atoms with Crippen molar-refractivity contribution in [2.45, 2.75) is 32.6 Å². The largest absolute Gasteiger partial charge is 0.296 e. The standard InChI is InChI=1S/C9H13NO2/c1-9-5-3-2-4-6(9)7(11)10-8(9)12/h6H,2-5H2,1H3,(H,10,11,12)/t6-,9+/m0/s1. The van der Waals surface area contributed by atoms with E-state index in [2.05, 4.69) is 5.32 Å². The number of amides is 2. The van der Waals surface area contributed by atoms with Crippen LogP contribution in [0, 0.1) is 11.3 Å². The van der Waals surface area contributed by atoms with E-state index in [1.54, 1.807) is 0 Å². The maximum absolute atomic E-state index is 11.4. The molecule has 2 aliphatic rings. The van der Waals surface area contributed by atoms with Gasteiger partial charge in [0.25, 0.3) is 0 Å². The first-order valence-electron chi connectivity index (χ1n) is 4.50. The third-order valence-corrected chi connectivity index (χ3v) is 3.28. The SMILES string of the molecule is C[C@@]12CCCC[C@H]1C(=O)NC2=O. The van der Waals surface area contributed by atoms with Crippen LogP contribution in [0.5, 0.6) is 0 Å². The second-order valence-corrected chi connectivity index (χ2v) is 4.03. The summed E-state index contributed by atoms with van der Waals surface area (Å²) in [6.07, 6.45) is 3.91. The Bertz CT molecular complexity index is 249. The first-order valence-corrected chi connectivity index (χ1v) is 4.50. The molecule has 0 radical (unpaired) electrons. The van der Waals surface area contributed by atoms with Gasteiger partial charge in [-0.25, -0.2) is 0 Å². The lowest BCUT2D eigenvalue weighted by atomic mass is 9.69. The maximum atomic E-state index is 11.4. The molecule has 12 heavy (non-hydrogen) atoms. The molecule has 3 heteroatoms. The molecule has 0 spiro atoms. The van der Waals surface area contributed by atoms with Gasteiger partial charge in [0.05, 0.1) is 11.3 Å². The normalized spacial score (nSPS) is 40.9. The Hall–Kier alpha value is -0.860. The summed E-state index contributed by atoms with van der Waals surface area (Å²) < 4.78 is 0.